The van der Waals surface area contributed by atoms with Gasteiger partial charge in [0.05, 0.1) is 0 Å². The second-order valence-corrected chi connectivity index (χ2v) is 3.08. The summed E-state index contributed by atoms with van der Waals surface area (Å²) in [4.78, 5) is 0. The molecule has 10 heavy (non-hydrogen) atoms. The van der Waals surface area contributed by atoms with Gasteiger partial charge in [0.15, 0.2) is 0 Å². The highest BCUT2D eigenvalue weighted by atomic mass is 14.9. The summed E-state index contributed by atoms with van der Waals surface area (Å²) in [5.74, 6) is 0.824. The Morgan fingerprint density at radius 1 is 1.40 bits per heavy atom. The van der Waals surface area contributed by atoms with Crippen molar-refractivity contribution in [3.8, 4) is 0 Å². The van der Waals surface area contributed by atoms with Gasteiger partial charge in [0.25, 0.3) is 0 Å². The van der Waals surface area contributed by atoms with E-state index in [1.807, 2.05) is 0 Å². The third-order valence-corrected chi connectivity index (χ3v) is 2.22. The average molecular weight is 139 g/mol. The second-order valence-electron chi connectivity index (χ2n) is 3.08. The molecular formula is C9H17N. The Labute approximate surface area is 63.5 Å². The van der Waals surface area contributed by atoms with Crippen LogP contribution in [-0.4, -0.2) is 12.6 Å². The first-order chi connectivity index (χ1) is 4.84. The molecule has 2 atom stereocenters. The Kier molecular flexibility index (Phi) is 2.94. The van der Waals surface area contributed by atoms with E-state index in [2.05, 4.69) is 31.3 Å². The van der Waals surface area contributed by atoms with Crippen LogP contribution in [0.25, 0.3) is 0 Å². The molecule has 0 radical (unpaired) electrons. The van der Waals surface area contributed by atoms with Gasteiger partial charge in [0, 0.05) is 6.04 Å². The van der Waals surface area contributed by atoms with Crippen molar-refractivity contribution in [1.29, 1.82) is 0 Å². The Balaban J connectivity index is 2.35. The highest BCUT2D eigenvalue weighted by molar-refractivity contribution is 4.96. The zero-order valence-corrected chi connectivity index (χ0v) is 6.93. The Hall–Kier alpha value is -0.300. The molecule has 0 spiro atoms. The molecule has 0 aliphatic heterocycles. The van der Waals surface area contributed by atoms with Crippen LogP contribution in [0.1, 0.15) is 26.7 Å². The maximum Gasteiger partial charge on any atom is 0.0130 e. The number of allylic oxidation sites excluding steroid dienone is 1. The fraction of sp³-hybridized carbons (Fsp3) is 0.778. The van der Waals surface area contributed by atoms with Crippen LogP contribution < -0.4 is 5.32 Å². The lowest BCUT2D eigenvalue weighted by Gasteiger charge is -2.25. The highest BCUT2D eigenvalue weighted by Gasteiger charge is 2.15. The van der Waals surface area contributed by atoms with E-state index >= 15 is 0 Å². The van der Waals surface area contributed by atoms with Crippen molar-refractivity contribution in [2.75, 3.05) is 6.54 Å². The first-order valence-corrected chi connectivity index (χ1v) is 4.23. The van der Waals surface area contributed by atoms with Crippen molar-refractivity contribution < 1.29 is 0 Å². The second kappa shape index (κ2) is 3.77. The smallest absolute Gasteiger partial charge is 0.0130 e. The zero-order chi connectivity index (χ0) is 7.40. The van der Waals surface area contributed by atoms with Gasteiger partial charge in [0.2, 0.25) is 0 Å². The van der Waals surface area contributed by atoms with Crippen LogP contribution in [0.4, 0.5) is 0 Å². The molecular weight excluding hydrogens is 122 g/mol. The van der Waals surface area contributed by atoms with E-state index in [4.69, 9.17) is 0 Å². The summed E-state index contributed by atoms with van der Waals surface area (Å²) in [6, 6.07) is 0.731. The summed E-state index contributed by atoms with van der Waals surface area (Å²) in [7, 11) is 0. The fourth-order valence-corrected chi connectivity index (χ4v) is 1.50. The van der Waals surface area contributed by atoms with E-state index in [9.17, 15) is 0 Å². The fourth-order valence-electron chi connectivity index (χ4n) is 1.50. The Morgan fingerprint density at radius 3 is 2.70 bits per heavy atom. The largest absolute Gasteiger partial charge is 0.314 e. The van der Waals surface area contributed by atoms with Gasteiger partial charge >= 0.3 is 0 Å². The third-order valence-electron chi connectivity index (χ3n) is 2.22. The molecule has 1 heteroatoms. The van der Waals surface area contributed by atoms with Gasteiger partial charge in [-0.1, -0.05) is 26.0 Å². The zero-order valence-electron chi connectivity index (χ0n) is 6.93. The van der Waals surface area contributed by atoms with E-state index in [0.29, 0.717) is 0 Å². The van der Waals surface area contributed by atoms with Crippen molar-refractivity contribution >= 4 is 0 Å². The molecule has 1 aliphatic carbocycles. The monoisotopic (exact) mass is 139 g/mol. The quantitative estimate of drug-likeness (QED) is 0.577. The maximum absolute atomic E-state index is 3.48. The van der Waals surface area contributed by atoms with E-state index in [1.54, 1.807) is 0 Å². The van der Waals surface area contributed by atoms with E-state index in [1.165, 1.54) is 12.8 Å². The minimum Gasteiger partial charge on any atom is -0.314 e. The summed E-state index contributed by atoms with van der Waals surface area (Å²) < 4.78 is 0. The molecule has 0 fully saturated rings. The highest BCUT2D eigenvalue weighted by Crippen LogP contribution is 2.17. The molecule has 0 saturated heterocycles. The van der Waals surface area contributed by atoms with E-state index < -0.39 is 0 Å². The van der Waals surface area contributed by atoms with Crippen LogP contribution in [0.2, 0.25) is 0 Å². The van der Waals surface area contributed by atoms with Gasteiger partial charge in [-0.2, -0.15) is 0 Å². The van der Waals surface area contributed by atoms with Gasteiger partial charge in [-0.25, -0.2) is 0 Å². The molecule has 1 nitrogen and oxygen atoms in total. The van der Waals surface area contributed by atoms with Gasteiger partial charge in [-0.3, -0.25) is 0 Å². The number of nitrogens with one attached hydrogen (secondary N) is 1. The van der Waals surface area contributed by atoms with Crippen LogP contribution >= 0.6 is 0 Å². The molecule has 1 N–H and O–H groups in total. The summed E-state index contributed by atoms with van der Waals surface area (Å²) in [5, 5.41) is 3.48. The molecule has 1 rings (SSSR count). The van der Waals surface area contributed by atoms with Crippen LogP contribution in [0, 0.1) is 5.92 Å². The molecule has 0 amide bonds. The third kappa shape index (κ3) is 1.84. The normalized spacial score (nSPS) is 32.6. The SMILES string of the molecule is CCNC1CC=CCC1C. The number of hydrogen-bond acceptors (Lipinski definition) is 1. The number of rotatable bonds is 2. The molecule has 0 aromatic heterocycles. The van der Waals surface area contributed by atoms with Crippen molar-refractivity contribution in [2.24, 2.45) is 5.92 Å². The van der Waals surface area contributed by atoms with Gasteiger partial charge in [-0.15, -0.1) is 0 Å². The van der Waals surface area contributed by atoms with Crippen molar-refractivity contribution in [2.45, 2.75) is 32.7 Å². The molecule has 0 bridgehead atoms. The van der Waals surface area contributed by atoms with Crippen molar-refractivity contribution in [3.05, 3.63) is 12.2 Å². The van der Waals surface area contributed by atoms with Crippen molar-refractivity contribution in [1.82, 2.24) is 5.32 Å². The summed E-state index contributed by atoms with van der Waals surface area (Å²) >= 11 is 0. The summed E-state index contributed by atoms with van der Waals surface area (Å²) in [6.07, 6.45) is 7.04. The molecule has 0 aromatic carbocycles. The lowest BCUT2D eigenvalue weighted by Crippen LogP contribution is -2.35. The number of hydrogen-bond donors (Lipinski definition) is 1. The Morgan fingerprint density at radius 2 is 2.10 bits per heavy atom. The Bertz CT molecular complexity index is 118. The standard InChI is InChI=1S/C9H17N/c1-3-10-9-7-5-4-6-8(9)2/h4-5,8-10H,3,6-7H2,1-2H3. The van der Waals surface area contributed by atoms with E-state index in [0.717, 1.165) is 18.5 Å². The minimum atomic E-state index is 0.731. The van der Waals surface area contributed by atoms with Crippen LogP contribution in [0.15, 0.2) is 12.2 Å². The molecule has 0 aromatic rings. The summed E-state index contributed by atoms with van der Waals surface area (Å²) in [5.41, 5.74) is 0. The topological polar surface area (TPSA) is 12.0 Å². The molecule has 2 unspecified atom stereocenters. The van der Waals surface area contributed by atoms with Gasteiger partial charge in [0.1, 0.15) is 0 Å². The first-order valence-electron chi connectivity index (χ1n) is 4.23. The van der Waals surface area contributed by atoms with Crippen LogP contribution in [0.5, 0.6) is 0 Å². The summed E-state index contributed by atoms with van der Waals surface area (Å²) in [6.45, 7) is 5.59. The molecule has 0 saturated carbocycles. The maximum atomic E-state index is 3.48. The van der Waals surface area contributed by atoms with Gasteiger partial charge in [-0.05, 0) is 25.3 Å². The minimum absolute atomic E-state index is 0.731. The van der Waals surface area contributed by atoms with Crippen LogP contribution in [0.3, 0.4) is 0 Å². The molecule has 0 heterocycles. The molecule has 1 aliphatic rings. The average Bonchev–Trinajstić information content (AvgIpc) is 1.94. The predicted octanol–water partition coefficient (Wildman–Crippen LogP) is 1.95. The lowest BCUT2D eigenvalue weighted by atomic mass is 9.91. The first kappa shape index (κ1) is 7.80. The van der Waals surface area contributed by atoms with Gasteiger partial charge < -0.3 is 5.32 Å². The van der Waals surface area contributed by atoms with Crippen LogP contribution in [-0.2, 0) is 0 Å². The van der Waals surface area contributed by atoms with E-state index in [-0.39, 0.29) is 0 Å². The van der Waals surface area contributed by atoms with Crippen molar-refractivity contribution in [3.63, 3.8) is 0 Å². The lowest BCUT2D eigenvalue weighted by molar-refractivity contribution is 0.375. The predicted molar refractivity (Wildman–Crippen MR) is 45.0 cm³/mol. The molecule has 58 valence electrons.